The van der Waals surface area contributed by atoms with Crippen LogP contribution in [0, 0.1) is 5.82 Å². The van der Waals surface area contributed by atoms with E-state index in [-0.39, 0.29) is 5.56 Å². The first-order valence-electron chi connectivity index (χ1n) is 5.95. The van der Waals surface area contributed by atoms with Gasteiger partial charge < -0.3 is 20.4 Å². The Balaban J connectivity index is 2.34. The Labute approximate surface area is 108 Å². The Bertz CT molecular complexity index is 643. The second-order valence-electron chi connectivity index (χ2n) is 4.80. The minimum absolute atomic E-state index is 0.266. The molecule has 2 aromatic carbocycles. The first-order valence-corrected chi connectivity index (χ1v) is 5.95. The number of hydrogen-bond donors (Lipinski definition) is 4. The second kappa shape index (κ2) is 4.25. The maximum absolute atomic E-state index is 13.3. The van der Waals surface area contributed by atoms with Gasteiger partial charge in [-0.05, 0) is 34.0 Å². The maximum atomic E-state index is 13.3. The normalized spacial score (nSPS) is 30.4. The molecule has 4 N–H and O–H groups in total. The van der Waals surface area contributed by atoms with Crippen LogP contribution in [0.2, 0.25) is 0 Å². The topological polar surface area (TPSA) is 80.9 Å². The second-order valence-corrected chi connectivity index (χ2v) is 4.80. The molecule has 19 heavy (non-hydrogen) atoms. The van der Waals surface area contributed by atoms with Crippen molar-refractivity contribution in [3.8, 4) is 0 Å². The summed E-state index contributed by atoms with van der Waals surface area (Å²) in [5, 5.41) is 40.5. The summed E-state index contributed by atoms with van der Waals surface area (Å²) in [6.07, 6.45) is -5.63. The monoisotopic (exact) mass is 264 g/mol. The van der Waals surface area contributed by atoms with Gasteiger partial charge in [0.1, 0.15) is 30.2 Å². The zero-order chi connectivity index (χ0) is 13.7. The van der Waals surface area contributed by atoms with E-state index in [1.807, 2.05) is 0 Å². The highest BCUT2D eigenvalue weighted by atomic mass is 19.1. The standard InChI is InChI=1S/C14H13FO4/c15-7-3-1-6-2-4-8-10(9(6)5-7)12(17)14(19)13(18)11(8)16/h1-5,11-14,16-19H. The molecule has 0 spiro atoms. The molecular formula is C14H13FO4. The van der Waals surface area contributed by atoms with Gasteiger partial charge in [0.25, 0.3) is 0 Å². The first-order chi connectivity index (χ1) is 9.00. The third-order valence-electron chi connectivity index (χ3n) is 3.67. The van der Waals surface area contributed by atoms with E-state index in [9.17, 15) is 24.8 Å². The van der Waals surface area contributed by atoms with Crippen LogP contribution in [0.15, 0.2) is 30.3 Å². The molecule has 0 aromatic heterocycles. The van der Waals surface area contributed by atoms with E-state index in [1.54, 1.807) is 18.2 Å². The molecule has 0 fully saturated rings. The molecule has 3 rings (SSSR count). The summed E-state index contributed by atoms with van der Waals surface area (Å²) in [7, 11) is 0. The summed E-state index contributed by atoms with van der Waals surface area (Å²) in [6, 6.07) is 7.34. The Morgan fingerprint density at radius 2 is 1.47 bits per heavy atom. The van der Waals surface area contributed by atoms with Crippen LogP contribution < -0.4 is 0 Å². The number of hydrogen-bond acceptors (Lipinski definition) is 4. The lowest BCUT2D eigenvalue weighted by Gasteiger charge is -2.35. The van der Waals surface area contributed by atoms with Crippen molar-refractivity contribution in [1.29, 1.82) is 0 Å². The summed E-state index contributed by atoms with van der Waals surface area (Å²) in [5.74, 6) is -0.469. The zero-order valence-corrected chi connectivity index (χ0v) is 9.86. The van der Waals surface area contributed by atoms with Gasteiger partial charge in [0.2, 0.25) is 0 Å². The van der Waals surface area contributed by atoms with E-state index in [0.717, 1.165) is 0 Å². The van der Waals surface area contributed by atoms with Crippen LogP contribution in [0.5, 0.6) is 0 Å². The van der Waals surface area contributed by atoms with Crippen LogP contribution in [0.4, 0.5) is 4.39 Å². The fourth-order valence-electron chi connectivity index (χ4n) is 2.65. The molecule has 1 aliphatic carbocycles. The minimum Gasteiger partial charge on any atom is -0.387 e. The molecule has 100 valence electrons. The molecule has 0 radical (unpaired) electrons. The Kier molecular flexibility index (Phi) is 2.79. The lowest BCUT2D eigenvalue weighted by atomic mass is 9.81. The van der Waals surface area contributed by atoms with Crippen LogP contribution in [-0.4, -0.2) is 32.6 Å². The molecular weight excluding hydrogens is 251 g/mol. The fraction of sp³-hybridized carbons (Fsp3) is 0.286. The first kappa shape index (κ1) is 12.5. The van der Waals surface area contributed by atoms with E-state index in [0.29, 0.717) is 16.3 Å². The van der Waals surface area contributed by atoms with Crippen molar-refractivity contribution in [3.05, 3.63) is 47.3 Å². The van der Waals surface area contributed by atoms with Gasteiger partial charge in [-0.25, -0.2) is 4.39 Å². The average molecular weight is 264 g/mol. The van der Waals surface area contributed by atoms with E-state index in [4.69, 9.17) is 0 Å². The molecule has 2 aromatic rings. The lowest BCUT2D eigenvalue weighted by Crippen LogP contribution is -2.41. The number of fused-ring (bicyclic) bond motifs is 3. The maximum Gasteiger partial charge on any atom is 0.123 e. The van der Waals surface area contributed by atoms with Crippen LogP contribution in [0.1, 0.15) is 23.3 Å². The highest BCUT2D eigenvalue weighted by Crippen LogP contribution is 2.40. The number of aliphatic hydroxyl groups excluding tert-OH is 4. The van der Waals surface area contributed by atoms with Crippen molar-refractivity contribution in [2.24, 2.45) is 0 Å². The summed E-state index contributed by atoms with van der Waals surface area (Å²) in [4.78, 5) is 0. The van der Waals surface area contributed by atoms with Gasteiger partial charge in [0, 0.05) is 0 Å². The van der Waals surface area contributed by atoms with E-state index < -0.39 is 30.2 Å². The van der Waals surface area contributed by atoms with Crippen molar-refractivity contribution in [2.75, 3.05) is 0 Å². The fourth-order valence-corrected chi connectivity index (χ4v) is 2.65. The summed E-state index contributed by atoms with van der Waals surface area (Å²) in [5.41, 5.74) is 0.575. The SMILES string of the molecule is OC1c2ccc3ccc(F)cc3c2C(O)C(O)C1O. The molecule has 5 heteroatoms. The van der Waals surface area contributed by atoms with Crippen LogP contribution in [-0.2, 0) is 0 Å². The van der Waals surface area contributed by atoms with Gasteiger partial charge in [-0.2, -0.15) is 0 Å². The Morgan fingerprint density at radius 1 is 0.842 bits per heavy atom. The van der Waals surface area contributed by atoms with E-state index >= 15 is 0 Å². The number of aliphatic hydroxyl groups is 4. The molecule has 4 unspecified atom stereocenters. The molecule has 4 atom stereocenters. The van der Waals surface area contributed by atoms with Gasteiger partial charge >= 0.3 is 0 Å². The molecule has 0 heterocycles. The molecule has 0 saturated carbocycles. The van der Waals surface area contributed by atoms with Crippen LogP contribution in [0.3, 0.4) is 0 Å². The van der Waals surface area contributed by atoms with E-state index in [2.05, 4.69) is 0 Å². The van der Waals surface area contributed by atoms with Crippen LogP contribution in [0.25, 0.3) is 10.8 Å². The summed E-state index contributed by atoms with van der Waals surface area (Å²) < 4.78 is 13.3. The molecule has 1 aliphatic rings. The van der Waals surface area contributed by atoms with Crippen molar-refractivity contribution in [2.45, 2.75) is 24.4 Å². The molecule has 4 nitrogen and oxygen atoms in total. The quantitative estimate of drug-likeness (QED) is 0.567. The summed E-state index contributed by atoms with van der Waals surface area (Å²) in [6.45, 7) is 0. The van der Waals surface area contributed by atoms with Crippen molar-refractivity contribution < 1.29 is 24.8 Å². The third kappa shape index (κ3) is 1.74. The molecule has 0 amide bonds. The van der Waals surface area contributed by atoms with E-state index in [1.165, 1.54) is 12.1 Å². The van der Waals surface area contributed by atoms with Gasteiger partial charge in [-0.1, -0.05) is 18.2 Å². The number of rotatable bonds is 0. The van der Waals surface area contributed by atoms with Crippen molar-refractivity contribution in [3.63, 3.8) is 0 Å². The van der Waals surface area contributed by atoms with Crippen molar-refractivity contribution >= 4 is 10.8 Å². The Hall–Kier alpha value is -1.53. The highest BCUT2D eigenvalue weighted by molar-refractivity contribution is 5.87. The van der Waals surface area contributed by atoms with Gasteiger partial charge in [-0.15, -0.1) is 0 Å². The number of halogens is 1. The zero-order valence-electron chi connectivity index (χ0n) is 9.86. The smallest absolute Gasteiger partial charge is 0.123 e. The predicted octanol–water partition coefficient (Wildman–Crippen LogP) is 0.781. The minimum atomic E-state index is -1.50. The van der Waals surface area contributed by atoms with Crippen LogP contribution >= 0.6 is 0 Å². The molecule has 0 saturated heterocycles. The number of benzene rings is 2. The predicted molar refractivity (Wildman–Crippen MR) is 65.8 cm³/mol. The lowest BCUT2D eigenvalue weighted by molar-refractivity contribution is -0.119. The summed E-state index contributed by atoms with van der Waals surface area (Å²) >= 11 is 0. The van der Waals surface area contributed by atoms with Gasteiger partial charge in [-0.3, -0.25) is 0 Å². The average Bonchev–Trinajstić information content (AvgIpc) is 2.41. The van der Waals surface area contributed by atoms with Crippen molar-refractivity contribution in [1.82, 2.24) is 0 Å². The van der Waals surface area contributed by atoms with Gasteiger partial charge in [0.15, 0.2) is 0 Å². The Morgan fingerprint density at radius 3 is 2.21 bits per heavy atom. The largest absolute Gasteiger partial charge is 0.387 e. The third-order valence-corrected chi connectivity index (χ3v) is 3.67. The molecule has 0 bridgehead atoms. The highest BCUT2D eigenvalue weighted by Gasteiger charge is 2.40. The molecule has 0 aliphatic heterocycles. The van der Waals surface area contributed by atoms with Gasteiger partial charge in [0.05, 0.1) is 0 Å².